The van der Waals surface area contributed by atoms with Crippen LogP contribution in [0.25, 0.3) is 0 Å². The number of benzene rings is 1. The molecule has 0 unspecified atom stereocenters. The topological polar surface area (TPSA) is 29.5 Å². The molecule has 0 radical (unpaired) electrons. The summed E-state index contributed by atoms with van der Waals surface area (Å²) in [5, 5.41) is 11.7. The standard InChI is InChI=1S/C13H12Br2O2S/c1-8(16)12-3-2-9(14)5-13(12)17-6-11-4-10(15)7-18-11/h2-5,7-8,16H,6H2,1H3/t8-/m1/s1. The molecule has 2 nitrogen and oxygen atoms in total. The van der Waals surface area contributed by atoms with E-state index in [4.69, 9.17) is 4.74 Å². The van der Waals surface area contributed by atoms with Gasteiger partial charge in [0.25, 0.3) is 0 Å². The van der Waals surface area contributed by atoms with Crippen LogP contribution in [-0.4, -0.2) is 5.11 Å². The highest BCUT2D eigenvalue weighted by Crippen LogP contribution is 2.30. The van der Waals surface area contributed by atoms with Crippen LogP contribution in [0.3, 0.4) is 0 Å². The summed E-state index contributed by atoms with van der Waals surface area (Å²) in [6.45, 7) is 2.24. The van der Waals surface area contributed by atoms with Crippen molar-refractivity contribution in [2.75, 3.05) is 0 Å². The molecule has 5 heteroatoms. The van der Waals surface area contributed by atoms with Crippen LogP contribution in [0, 0.1) is 0 Å². The molecule has 0 amide bonds. The van der Waals surface area contributed by atoms with Gasteiger partial charge in [0, 0.05) is 24.8 Å². The van der Waals surface area contributed by atoms with Gasteiger partial charge in [0.2, 0.25) is 0 Å². The van der Waals surface area contributed by atoms with E-state index in [2.05, 4.69) is 31.9 Å². The Kier molecular flexibility index (Phi) is 4.84. The van der Waals surface area contributed by atoms with Crippen LogP contribution in [0.2, 0.25) is 0 Å². The average Bonchev–Trinajstić information content (AvgIpc) is 2.72. The predicted octanol–water partition coefficient (Wildman–Crippen LogP) is 4.91. The predicted molar refractivity (Wildman–Crippen MR) is 81.1 cm³/mol. The SMILES string of the molecule is C[C@@H](O)c1ccc(Br)cc1OCc1cc(Br)cs1. The molecule has 2 rings (SSSR count). The van der Waals surface area contributed by atoms with Gasteiger partial charge in [-0.05, 0) is 41.1 Å². The van der Waals surface area contributed by atoms with E-state index in [0.717, 1.165) is 19.4 Å². The molecular formula is C13H12Br2O2S. The van der Waals surface area contributed by atoms with Gasteiger partial charge in [-0.3, -0.25) is 0 Å². The molecule has 1 atom stereocenters. The lowest BCUT2D eigenvalue weighted by atomic mass is 10.1. The maximum absolute atomic E-state index is 9.70. The van der Waals surface area contributed by atoms with Crippen molar-refractivity contribution in [2.45, 2.75) is 19.6 Å². The molecule has 0 aliphatic rings. The zero-order chi connectivity index (χ0) is 13.1. The zero-order valence-corrected chi connectivity index (χ0v) is 13.7. The summed E-state index contributed by atoms with van der Waals surface area (Å²) in [4.78, 5) is 1.14. The molecule has 1 aromatic carbocycles. The molecule has 0 bridgehead atoms. The molecule has 1 heterocycles. The Balaban J connectivity index is 2.15. The van der Waals surface area contributed by atoms with Gasteiger partial charge in [-0.15, -0.1) is 11.3 Å². The maximum Gasteiger partial charge on any atom is 0.126 e. The Bertz CT molecular complexity index is 538. The van der Waals surface area contributed by atoms with Gasteiger partial charge in [0.05, 0.1) is 6.10 Å². The molecule has 0 saturated carbocycles. The lowest BCUT2D eigenvalue weighted by molar-refractivity contribution is 0.190. The summed E-state index contributed by atoms with van der Waals surface area (Å²) >= 11 is 8.47. The number of aliphatic hydroxyl groups excluding tert-OH is 1. The van der Waals surface area contributed by atoms with Gasteiger partial charge in [0.1, 0.15) is 12.4 Å². The quantitative estimate of drug-likeness (QED) is 0.802. The summed E-state index contributed by atoms with van der Waals surface area (Å²) in [7, 11) is 0. The third-order valence-corrected chi connectivity index (χ3v) is 4.58. The molecule has 96 valence electrons. The van der Waals surface area contributed by atoms with Crippen molar-refractivity contribution in [1.82, 2.24) is 0 Å². The highest BCUT2D eigenvalue weighted by molar-refractivity contribution is 9.10. The molecule has 2 aromatic rings. The third kappa shape index (κ3) is 3.57. The second kappa shape index (κ2) is 6.19. The van der Waals surface area contributed by atoms with Crippen molar-refractivity contribution < 1.29 is 9.84 Å². The van der Waals surface area contributed by atoms with Crippen LogP contribution >= 0.6 is 43.2 Å². The molecule has 1 aromatic heterocycles. The summed E-state index contributed by atoms with van der Waals surface area (Å²) in [6.07, 6.45) is -0.539. The molecule has 0 saturated heterocycles. The Morgan fingerprint density at radius 1 is 1.28 bits per heavy atom. The van der Waals surface area contributed by atoms with Gasteiger partial charge < -0.3 is 9.84 Å². The number of rotatable bonds is 4. The number of ether oxygens (including phenoxy) is 1. The van der Waals surface area contributed by atoms with Gasteiger partial charge in [-0.25, -0.2) is 0 Å². The lowest BCUT2D eigenvalue weighted by Gasteiger charge is -2.13. The van der Waals surface area contributed by atoms with E-state index in [1.807, 2.05) is 29.6 Å². The highest BCUT2D eigenvalue weighted by atomic mass is 79.9. The molecule has 0 aliphatic carbocycles. The summed E-state index contributed by atoms with van der Waals surface area (Å²) < 4.78 is 7.78. The minimum absolute atomic E-state index is 0.506. The smallest absolute Gasteiger partial charge is 0.126 e. The zero-order valence-electron chi connectivity index (χ0n) is 9.69. The fourth-order valence-corrected chi connectivity index (χ4v) is 3.26. The summed E-state index contributed by atoms with van der Waals surface area (Å²) in [5.74, 6) is 0.712. The normalized spacial score (nSPS) is 12.4. The average molecular weight is 392 g/mol. The number of thiophene rings is 1. The van der Waals surface area contributed by atoms with Gasteiger partial charge in [-0.2, -0.15) is 0 Å². The third-order valence-electron chi connectivity index (χ3n) is 2.42. The monoisotopic (exact) mass is 390 g/mol. The molecular weight excluding hydrogens is 380 g/mol. The van der Waals surface area contributed by atoms with Gasteiger partial charge in [-0.1, -0.05) is 22.0 Å². The first kappa shape index (κ1) is 14.1. The van der Waals surface area contributed by atoms with Crippen LogP contribution in [0.1, 0.15) is 23.5 Å². The fraction of sp³-hybridized carbons (Fsp3) is 0.231. The van der Waals surface area contributed by atoms with E-state index in [9.17, 15) is 5.11 Å². The Morgan fingerprint density at radius 3 is 2.67 bits per heavy atom. The summed E-state index contributed by atoms with van der Waals surface area (Å²) in [6, 6.07) is 7.68. The van der Waals surface area contributed by atoms with Crippen LogP contribution in [0.5, 0.6) is 5.75 Å². The fourth-order valence-electron chi connectivity index (χ4n) is 1.56. The second-order valence-corrected chi connectivity index (χ2v) is 6.71. The van der Waals surface area contributed by atoms with E-state index in [-0.39, 0.29) is 0 Å². The number of hydrogen-bond acceptors (Lipinski definition) is 3. The minimum atomic E-state index is -0.539. The number of halogens is 2. The first-order chi connectivity index (χ1) is 8.56. The van der Waals surface area contributed by atoms with E-state index >= 15 is 0 Å². The molecule has 0 fully saturated rings. The first-order valence-electron chi connectivity index (χ1n) is 5.39. The van der Waals surface area contributed by atoms with E-state index in [1.165, 1.54) is 0 Å². The highest BCUT2D eigenvalue weighted by Gasteiger charge is 2.10. The van der Waals surface area contributed by atoms with Crippen molar-refractivity contribution in [3.8, 4) is 5.75 Å². The van der Waals surface area contributed by atoms with E-state index < -0.39 is 6.10 Å². The van der Waals surface area contributed by atoms with Crippen molar-refractivity contribution in [3.05, 3.63) is 49.0 Å². The number of hydrogen-bond donors (Lipinski definition) is 1. The Morgan fingerprint density at radius 2 is 2.06 bits per heavy atom. The van der Waals surface area contributed by atoms with Crippen molar-refractivity contribution in [1.29, 1.82) is 0 Å². The van der Waals surface area contributed by atoms with Crippen LogP contribution in [0.15, 0.2) is 38.6 Å². The Hall–Kier alpha value is -0.360. The van der Waals surface area contributed by atoms with Crippen molar-refractivity contribution in [3.63, 3.8) is 0 Å². The van der Waals surface area contributed by atoms with Crippen LogP contribution in [0.4, 0.5) is 0 Å². The molecule has 0 aliphatic heterocycles. The summed E-state index contributed by atoms with van der Waals surface area (Å²) in [5.41, 5.74) is 0.800. The van der Waals surface area contributed by atoms with Gasteiger partial charge in [0.15, 0.2) is 0 Å². The van der Waals surface area contributed by atoms with Gasteiger partial charge >= 0.3 is 0 Å². The molecule has 18 heavy (non-hydrogen) atoms. The van der Waals surface area contributed by atoms with E-state index in [1.54, 1.807) is 18.3 Å². The Labute approximate surface area is 127 Å². The largest absolute Gasteiger partial charge is 0.488 e. The van der Waals surface area contributed by atoms with Crippen LogP contribution in [-0.2, 0) is 6.61 Å². The molecule has 0 spiro atoms. The maximum atomic E-state index is 9.70. The number of aliphatic hydroxyl groups is 1. The van der Waals surface area contributed by atoms with Crippen LogP contribution < -0.4 is 4.74 Å². The van der Waals surface area contributed by atoms with Crippen molar-refractivity contribution in [2.24, 2.45) is 0 Å². The van der Waals surface area contributed by atoms with Crippen molar-refractivity contribution >= 4 is 43.2 Å². The first-order valence-corrected chi connectivity index (χ1v) is 7.86. The lowest BCUT2D eigenvalue weighted by Crippen LogP contribution is -2.00. The minimum Gasteiger partial charge on any atom is -0.488 e. The van der Waals surface area contributed by atoms with E-state index in [0.29, 0.717) is 12.4 Å². The molecule has 1 N–H and O–H groups in total. The second-order valence-electron chi connectivity index (χ2n) is 3.88.